The molecular formula is C24H30N2O5. The average molecular weight is 427 g/mol. The van der Waals surface area contributed by atoms with Crippen LogP contribution in [0.3, 0.4) is 0 Å². The number of benzene rings is 2. The number of hydrogen-bond acceptors (Lipinski definition) is 5. The Labute approximate surface area is 183 Å². The summed E-state index contributed by atoms with van der Waals surface area (Å²) in [6.45, 7) is 2.79. The minimum Gasteiger partial charge on any atom is -0.494 e. The maximum atomic E-state index is 12.6. The maximum Gasteiger partial charge on any atom is 0.260 e. The molecular weight excluding hydrogens is 396 g/mol. The molecule has 0 bridgehead atoms. The number of amides is 2. The maximum absolute atomic E-state index is 12.6. The third-order valence-electron chi connectivity index (χ3n) is 5.17. The summed E-state index contributed by atoms with van der Waals surface area (Å²) >= 11 is 0. The lowest BCUT2D eigenvalue weighted by atomic mass is 10.2. The van der Waals surface area contributed by atoms with Gasteiger partial charge in [0, 0.05) is 32.6 Å². The van der Waals surface area contributed by atoms with Crippen molar-refractivity contribution < 1.29 is 23.8 Å². The molecule has 31 heavy (non-hydrogen) atoms. The summed E-state index contributed by atoms with van der Waals surface area (Å²) in [4.78, 5) is 28.7. The highest BCUT2D eigenvalue weighted by molar-refractivity contribution is 5.78. The summed E-state index contributed by atoms with van der Waals surface area (Å²) in [6.07, 6.45) is 1.87. The first-order valence-electron chi connectivity index (χ1n) is 10.7. The van der Waals surface area contributed by atoms with Crippen LogP contribution in [0.2, 0.25) is 0 Å². The van der Waals surface area contributed by atoms with Crippen molar-refractivity contribution in [2.45, 2.75) is 19.3 Å². The Morgan fingerprint density at radius 2 is 1.45 bits per heavy atom. The lowest BCUT2D eigenvalue weighted by Gasteiger charge is -2.22. The van der Waals surface area contributed by atoms with Crippen molar-refractivity contribution in [3.63, 3.8) is 0 Å². The van der Waals surface area contributed by atoms with Crippen LogP contribution < -0.4 is 14.2 Å². The fourth-order valence-electron chi connectivity index (χ4n) is 3.47. The summed E-state index contributed by atoms with van der Waals surface area (Å²) in [7, 11) is 1.57. The van der Waals surface area contributed by atoms with Crippen LogP contribution in [-0.4, -0.2) is 68.1 Å². The molecule has 0 radical (unpaired) electrons. The fraction of sp³-hybridized carbons (Fsp3) is 0.417. The molecule has 1 heterocycles. The van der Waals surface area contributed by atoms with E-state index in [4.69, 9.17) is 14.2 Å². The number of carbonyl (C=O) groups excluding carboxylic acids is 2. The van der Waals surface area contributed by atoms with Crippen molar-refractivity contribution in [1.29, 1.82) is 0 Å². The fourth-order valence-corrected chi connectivity index (χ4v) is 3.47. The number of methoxy groups -OCH3 is 1. The van der Waals surface area contributed by atoms with Gasteiger partial charge in [0.2, 0.25) is 5.91 Å². The van der Waals surface area contributed by atoms with E-state index in [0.29, 0.717) is 57.1 Å². The van der Waals surface area contributed by atoms with E-state index in [1.165, 1.54) is 0 Å². The van der Waals surface area contributed by atoms with Crippen LogP contribution in [0, 0.1) is 0 Å². The van der Waals surface area contributed by atoms with Gasteiger partial charge in [-0.25, -0.2) is 0 Å². The van der Waals surface area contributed by atoms with Crippen molar-refractivity contribution in [2.24, 2.45) is 0 Å². The molecule has 0 saturated carbocycles. The minimum atomic E-state index is -0.0866. The normalized spacial score (nSPS) is 14.0. The summed E-state index contributed by atoms with van der Waals surface area (Å²) in [5.74, 6) is 1.98. The van der Waals surface area contributed by atoms with Gasteiger partial charge in [-0.15, -0.1) is 0 Å². The molecule has 0 aromatic heterocycles. The smallest absolute Gasteiger partial charge is 0.260 e. The van der Waals surface area contributed by atoms with Gasteiger partial charge in [0.1, 0.15) is 5.75 Å². The van der Waals surface area contributed by atoms with Crippen molar-refractivity contribution in [3.8, 4) is 17.2 Å². The van der Waals surface area contributed by atoms with Gasteiger partial charge in [-0.05, 0) is 37.1 Å². The SMILES string of the molecule is COc1ccccc1OCC(=O)N1CCCN(C(=O)CCCOc2ccccc2)CC1. The van der Waals surface area contributed by atoms with E-state index in [9.17, 15) is 9.59 Å². The molecule has 2 aromatic rings. The van der Waals surface area contributed by atoms with E-state index < -0.39 is 0 Å². The lowest BCUT2D eigenvalue weighted by molar-refractivity contribution is -0.134. The Bertz CT molecular complexity index is 843. The second-order valence-corrected chi connectivity index (χ2v) is 7.32. The van der Waals surface area contributed by atoms with E-state index in [-0.39, 0.29) is 18.4 Å². The van der Waals surface area contributed by atoms with E-state index in [1.54, 1.807) is 24.1 Å². The summed E-state index contributed by atoms with van der Waals surface area (Å²) < 4.78 is 16.5. The number of hydrogen-bond donors (Lipinski definition) is 0. The third-order valence-corrected chi connectivity index (χ3v) is 5.17. The first-order chi connectivity index (χ1) is 15.2. The molecule has 2 aromatic carbocycles. The van der Waals surface area contributed by atoms with Crippen LogP contribution in [-0.2, 0) is 9.59 Å². The van der Waals surface area contributed by atoms with E-state index in [2.05, 4.69) is 0 Å². The highest BCUT2D eigenvalue weighted by Gasteiger charge is 2.22. The van der Waals surface area contributed by atoms with Gasteiger partial charge in [-0.1, -0.05) is 30.3 Å². The first-order valence-corrected chi connectivity index (χ1v) is 10.7. The minimum absolute atomic E-state index is 0.0505. The zero-order chi connectivity index (χ0) is 21.9. The molecule has 7 heteroatoms. The molecule has 0 N–H and O–H groups in total. The highest BCUT2D eigenvalue weighted by atomic mass is 16.5. The largest absolute Gasteiger partial charge is 0.494 e. The van der Waals surface area contributed by atoms with Crippen LogP contribution >= 0.6 is 0 Å². The van der Waals surface area contributed by atoms with Crippen LogP contribution in [0.4, 0.5) is 0 Å². The molecule has 2 amide bonds. The van der Waals surface area contributed by atoms with Gasteiger partial charge >= 0.3 is 0 Å². The Balaban J connectivity index is 1.38. The predicted octanol–water partition coefficient (Wildman–Crippen LogP) is 2.99. The molecule has 0 spiro atoms. The second-order valence-electron chi connectivity index (χ2n) is 7.32. The third kappa shape index (κ3) is 6.91. The van der Waals surface area contributed by atoms with Gasteiger partial charge in [0.25, 0.3) is 5.91 Å². The van der Waals surface area contributed by atoms with Gasteiger partial charge in [0.05, 0.1) is 13.7 Å². The number of ether oxygens (including phenoxy) is 3. The molecule has 7 nitrogen and oxygen atoms in total. The molecule has 1 aliphatic heterocycles. The molecule has 1 saturated heterocycles. The van der Waals surface area contributed by atoms with E-state index >= 15 is 0 Å². The Kier molecular flexibility index (Phi) is 8.58. The molecule has 3 rings (SSSR count). The van der Waals surface area contributed by atoms with Crippen LogP contribution in [0.25, 0.3) is 0 Å². The number of para-hydroxylation sites is 3. The van der Waals surface area contributed by atoms with Crippen molar-refractivity contribution in [3.05, 3.63) is 54.6 Å². The molecule has 0 atom stereocenters. The van der Waals surface area contributed by atoms with Gasteiger partial charge in [-0.2, -0.15) is 0 Å². The molecule has 1 fully saturated rings. The van der Waals surface area contributed by atoms with Crippen molar-refractivity contribution in [1.82, 2.24) is 9.80 Å². The zero-order valence-corrected chi connectivity index (χ0v) is 18.0. The van der Waals surface area contributed by atoms with E-state index in [1.807, 2.05) is 47.4 Å². The number of rotatable bonds is 9. The highest BCUT2D eigenvalue weighted by Crippen LogP contribution is 2.25. The number of nitrogens with zero attached hydrogens (tertiary/aromatic N) is 2. The van der Waals surface area contributed by atoms with Crippen molar-refractivity contribution >= 4 is 11.8 Å². The van der Waals surface area contributed by atoms with Gasteiger partial charge in [0.15, 0.2) is 18.1 Å². The van der Waals surface area contributed by atoms with Crippen LogP contribution in [0.1, 0.15) is 19.3 Å². The topological polar surface area (TPSA) is 68.3 Å². The standard InChI is InChI=1S/C24H30N2O5/c1-29-21-11-5-6-12-22(21)31-19-24(28)26-15-8-14-25(16-17-26)23(27)13-7-18-30-20-9-3-2-4-10-20/h2-6,9-12H,7-8,13-19H2,1H3. The average Bonchev–Trinajstić information content (AvgIpc) is 3.07. The quantitative estimate of drug-likeness (QED) is 0.577. The Hall–Kier alpha value is -3.22. The summed E-state index contributed by atoms with van der Waals surface area (Å²) in [6, 6.07) is 16.8. The summed E-state index contributed by atoms with van der Waals surface area (Å²) in [5.41, 5.74) is 0. The molecule has 166 valence electrons. The molecule has 1 aliphatic rings. The van der Waals surface area contributed by atoms with Crippen LogP contribution in [0.5, 0.6) is 17.2 Å². The van der Waals surface area contributed by atoms with E-state index in [0.717, 1.165) is 12.2 Å². The van der Waals surface area contributed by atoms with Gasteiger partial charge in [-0.3, -0.25) is 9.59 Å². The van der Waals surface area contributed by atoms with Crippen molar-refractivity contribution in [2.75, 3.05) is 46.5 Å². The van der Waals surface area contributed by atoms with Gasteiger partial charge < -0.3 is 24.0 Å². The molecule has 0 unspecified atom stereocenters. The van der Waals surface area contributed by atoms with Crippen LogP contribution in [0.15, 0.2) is 54.6 Å². The zero-order valence-electron chi connectivity index (χ0n) is 18.0. The number of carbonyl (C=O) groups is 2. The predicted molar refractivity (Wildman–Crippen MR) is 117 cm³/mol. The molecule has 0 aliphatic carbocycles. The Morgan fingerprint density at radius 3 is 2.16 bits per heavy atom. The lowest BCUT2D eigenvalue weighted by Crippen LogP contribution is -2.39. The second kappa shape index (κ2) is 11.8. The summed E-state index contributed by atoms with van der Waals surface area (Å²) in [5, 5.41) is 0. The Morgan fingerprint density at radius 1 is 0.806 bits per heavy atom. The monoisotopic (exact) mass is 426 g/mol. The first kappa shape index (κ1) is 22.5.